The largest absolute Gasteiger partial charge is 0.507 e. The number of carbonyl (C=O) groups is 1. The predicted octanol–water partition coefficient (Wildman–Crippen LogP) is 0.844. The Labute approximate surface area is 104 Å². The molecule has 1 atom stereocenters. The van der Waals surface area contributed by atoms with Gasteiger partial charge in [0.25, 0.3) is 5.91 Å². The van der Waals surface area contributed by atoms with Gasteiger partial charge in [-0.2, -0.15) is 0 Å². The first-order valence-electron chi connectivity index (χ1n) is 4.93. The van der Waals surface area contributed by atoms with E-state index in [1.54, 1.807) is 6.92 Å². The van der Waals surface area contributed by atoms with E-state index in [0.29, 0.717) is 0 Å². The van der Waals surface area contributed by atoms with E-state index < -0.39 is 11.9 Å². The lowest BCUT2D eigenvalue weighted by Gasteiger charge is -2.24. The molecule has 0 aliphatic rings. The van der Waals surface area contributed by atoms with Crippen molar-refractivity contribution in [3.05, 3.63) is 23.8 Å². The fourth-order valence-electron chi connectivity index (χ4n) is 1.29. The number of phenols is 2. The van der Waals surface area contributed by atoms with E-state index in [1.807, 2.05) is 0 Å². The van der Waals surface area contributed by atoms with Crippen LogP contribution in [0.25, 0.3) is 0 Å². The Morgan fingerprint density at radius 2 is 1.88 bits per heavy atom. The van der Waals surface area contributed by atoms with Crippen LogP contribution in [0.2, 0.25) is 0 Å². The number of hydrogen-bond donors (Lipinski definition) is 3. The molecule has 0 spiro atoms. The maximum absolute atomic E-state index is 12.0. The van der Waals surface area contributed by atoms with Gasteiger partial charge in [-0.1, -0.05) is 18.3 Å². The van der Waals surface area contributed by atoms with Crippen molar-refractivity contribution in [3.63, 3.8) is 0 Å². The number of benzene rings is 1. The number of aromatic hydroxyl groups is 2. The Hall–Kier alpha value is -1.82. The van der Waals surface area contributed by atoms with Crippen molar-refractivity contribution in [2.24, 2.45) is 5.73 Å². The average Bonchev–Trinajstić information content (AvgIpc) is 2.26. The number of carbonyl (C=O) groups excluding carboxylic acids is 1. The summed E-state index contributed by atoms with van der Waals surface area (Å²) in [6.45, 7) is 1.66. The maximum atomic E-state index is 12.0. The van der Waals surface area contributed by atoms with Gasteiger partial charge < -0.3 is 20.8 Å². The van der Waals surface area contributed by atoms with Gasteiger partial charge in [-0.3, -0.25) is 4.79 Å². The second kappa shape index (κ2) is 5.01. The van der Waals surface area contributed by atoms with Gasteiger partial charge in [0.05, 0.1) is 11.0 Å². The molecule has 0 aromatic heterocycles. The van der Waals surface area contributed by atoms with Crippen molar-refractivity contribution in [3.8, 4) is 11.5 Å². The highest BCUT2D eigenvalue weighted by molar-refractivity contribution is 7.80. The fraction of sp³-hybridized carbons (Fsp3) is 0.273. The van der Waals surface area contributed by atoms with Crippen molar-refractivity contribution >= 4 is 23.1 Å². The lowest BCUT2D eigenvalue weighted by molar-refractivity contribution is 0.0773. The molecule has 17 heavy (non-hydrogen) atoms. The summed E-state index contributed by atoms with van der Waals surface area (Å²) in [6, 6.07) is 3.63. The molecule has 0 heterocycles. The van der Waals surface area contributed by atoms with Gasteiger partial charge >= 0.3 is 0 Å². The zero-order valence-electron chi connectivity index (χ0n) is 9.54. The Kier molecular flexibility index (Phi) is 3.90. The minimum absolute atomic E-state index is 0.155. The molecule has 0 radical (unpaired) electrons. The van der Waals surface area contributed by atoms with Gasteiger partial charge in [0.2, 0.25) is 0 Å². The van der Waals surface area contributed by atoms with Crippen LogP contribution in [0.3, 0.4) is 0 Å². The lowest BCUT2D eigenvalue weighted by Crippen LogP contribution is -2.42. The molecule has 5 nitrogen and oxygen atoms in total. The number of thiocarbonyl (C=S) groups is 1. The molecular formula is C11H14N2O3S. The Balaban J connectivity index is 3.09. The topological polar surface area (TPSA) is 86.8 Å². The highest BCUT2D eigenvalue weighted by atomic mass is 32.1. The van der Waals surface area contributed by atoms with Crippen LogP contribution in [0, 0.1) is 0 Å². The van der Waals surface area contributed by atoms with Crippen molar-refractivity contribution in [1.82, 2.24) is 4.90 Å². The summed E-state index contributed by atoms with van der Waals surface area (Å²) in [5, 5.41) is 19.1. The van der Waals surface area contributed by atoms with Gasteiger partial charge in [0, 0.05) is 7.05 Å². The van der Waals surface area contributed by atoms with E-state index in [1.165, 1.54) is 30.1 Å². The number of hydrogen-bond acceptors (Lipinski definition) is 4. The molecule has 1 amide bonds. The summed E-state index contributed by atoms with van der Waals surface area (Å²) in [5.41, 5.74) is 5.29. The third-order valence-corrected chi connectivity index (χ3v) is 2.89. The number of nitrogens with two attached hydrogens (primary N) is 1. The monoisotopic (exact) mass is 254 g/mol. The fourth-order valence-corrected chi connectivity index (χ4v) is 1.45. The third-order valence-electron chi connectivity index (χ3n) is 2.55. The summed E-state index contributed by atoms with van der Waals surface area (Å²) in [5.74, 6) is -1.10. The number of likely N-dealkylation sites (N-methyl/N-ethyl adjacent to an activating group) is 1. The molecule has 0 aliphatic carbocycles. The summed E-state index contributed by atoms with van der Waals surface area (Å²) < 4.78 is 0. The molecule has 0 saturated carbocycles. The minimum Gasteiger partial charge on any atom is -0.507 e. The van der Waals surface area contributed by atoms with E-state index in [0.717, 1.165) is 0 Å². The van der Waals surface area contributed by atoms with Crippen LogP contribution < -0.4 is 5.73 Å². The van der Waals surface area contributed by atoms with E-state index in [2.05, 4.69) is 0 Å². The minimum atomic E-state index is -0.541. The standard InChI is InChI=1S/C11H14N2O3S/c1-6(10(12)17)13(2)11(16)9-7(14)4-3-5-8(9)15/h3-6,14-15H,1-2H3,(H2,12,17). The zero-order valence-corrected chi connectivity index (χ0v) is 10.4. The highest BCUT2D eigenvalue weighted by Crippen LogP contribution is 2.27. The molecule has 1 aromatic carbocycles. The average molecular weight is 254 g/mol. The maximum Gasteiger partial charge on any atom is 0.261 e. The second-order valence-corrected chi connectivity index (χ2v) is 4.14. The number of rotatable bonds is 3. The van der Waals surface area contributed by atoms with Gasteiger partial charge in [0.1, 0.15) is 17.1 Å². The number of phenolic OH excluding ortho intramolecular Hbond substituents is 2. The van der Waals surface area contributed by atoms with Gasteiger partial charge in [-0.05, 0) is 19.1 Å². The van der Waals surface area contributed by atoms with Crippen molar-refractivity contribution in [2.75, 3.05) is 7.05 Å². The second-order valence-electron chi connectivity index (χ2n) is 3.67. The summed E-state index contributed by atoms with van der Waals surface area (Å²) in [4.78, 5) is 13.4. The summed E-state index contributed by atoms with van der Waals surface area (Å²) in [6.07, 6.45) is 0. The molecule has 0 bridgehead atoms. The van der Waals surface area contributed by atoms with E-state index in [4.69, 9.17) is 18.0 Å². The van der Waals surface area contributed by atoms with Gasteiger partial charge in [0.15, 0.2) is 0 Å². The van der Waals surface area contributed by atoms with Crippen molar-refractivity contribution < 1.29 is 15.0 Å². The smallest absolute Gasteiger partial charge is 0.261 e. The first kappa shape index (κ1) is 13.2. The van der Waals surface area contributed by atoms with Gasteiger partial charge in [-0.25, -0.2) is 0 Å². The SMILES string of the molecule is CC(C(N)=S)N(C)C(=O)c1c(O)cccc1O. The van der Waals surface area contributed by atoms with Crippen LogP contribution in [-0.4, -0.2) is 39.1 Å². The number of nitrogens with zero attached hydrogens (tertiary/aromatic N) is 1. The van der Waals surface area contributed by atoms with Crippen LogP contribution in [0.5, 0.6) is 11.5 Å². The lowest BCUT2D eigenvalue weighted by atomic mass is 10.1. The summed E-state index contributed by atoms with van der Waals surface area (Å²) in [7, 11) is 1.50. The number of amides is 1. The quantitative estimate of drug-likeness (QED) is 0.696. The van der Waals surface area contributed by atoms with Crippen LogP contribution in [-0.2, 0) is 0 Å². The van der Waals surface area contributed by atoms with Crippen LogP contribution >= 0.6 is 12.2 Å². The Morgan fingerprint density at radius 1 is 1.41 bits per heavy atom. The molecule has 1 rings (SSSR count). The first-order valence-corrected chi connectivity index (χ1v) is 5.34. The Morgan fingerprint density at radius 3 is 2.29 bits per heavy atom. The first-order chi connectivity index (χ1) is 7.86. The Bertz CT molecular complexity index is 442. The van der Waals surface area contributed by atoms with Crippen LogP contribution in [0.4, 0.5) is 0 Å². The predicted molar refractivity (Wildman–Crippen MR) is 68.1 cm³/mol. The van der Waals surface area contributed by atoms with Crippen LogP contribution in [0.1, 0.15) is 17.3 Å². The molecule has 92 valence electrons. The molecule has 0 saturated heterocycles. The molecule has 4 N–H and O–H groups in total. The van der Waals surface area contributed by atoms with Gasteiger partial charge in [-0.15, -0.1) is 0 Å². The molecule has 1 unspecified atom stereocenters. The van der Waals surface area contributed by atoms with Crippen molar-refractivity contribution in [1.29, 1.82) is 0 Å². The normalized spacial score (nSPS) is 11.9. The van der Waals surface area contributed by atoms with E-state index in [-0.39, 0.29) is 22.1 Å². The van der Waals surface area contributed by atoms with E-state index in [9.17, 15) is 15.0 Å². The molecule has 6 heteroatoms. The molecule has 0 fully saturated rings. The molecule has 0 aliphatic heterocycles. The third kappa shape index (κ3) is 2.65. The molecular weight excluding hydrogens is 240 g/mol. The van der Waals surface area contributed by atoms with Crippen LogP contribution in [0.15, 0.2) is 18.2 Å². The molecule has 1 aromatic rings. The highest BCUT2D eigenvalue weighted by Gasteiger charge is 2.24. The summed E-state index contributed by atoms with van der Waals surface area (Å²) >= 11 is 4.79. The van der Waals surface area contributed by atoms with E-state index >= 15 is 0 Å². The van der Waals surface area contributed by atoms with Crippen molar-refractivity contribution in [2.45, 2.75) is 13.0 Å². The zero-order chi connectivity index (χ0) is 13.2.